The predicted molar refractivity (Wildman–Crippen MR) is 106 cm³/mol. The third-order valence-corrected chi connectivity index (χ3v) is 4.39. The third-order valence-electron chi connectivity index (χ3n) is 4.39. The molecule has 0 aliphatic carbocycles. The zero-order valence-corrected chi connectivity index (χ0v) is 15.7. The molecule has 0 saturated carbocycles. The van der Waals surface area contributed by atoms with Crippen LogP contribution in [0, 0.1) is 0 Å². The number of hydrogen-bond acceptors (Lipinski definition) is 7. The number of benzene rings is 1. The van der Waals surface area contributed by atoms with Crippen molar-refractivity contribution in [1.29, 1.82) is 0 Å². The lowest BCUT2D eigenvalue weighted by molar-refractivity contribution is -0.124. The molecule has 2 heterocycles. The molecule has 1 amide bonds. The number of hydroxylamine groups is 1. The minimum absolute atomic E-state index is 0.505. The maximum atomic E-state index is 10.9. The maximum absolute atomic E-state index is 10.9. The number of nitrogens with one attached hydrogen (secondary N) is 2. The van der Waals surface area contributed by atoms with Gasteiger partial charge in [0.05, 0.1) is 24.6 Å². The zero-order valence-electron chi connectivity index (χ0n) is 15.7. The number of likely N-dealkylation sites (tertiary alicyclic amines) is 1. The molecule has 1 aliphatic rings. The van der Waals surface area contributed by atoms with Crippen LogP contribution in [0.2, 0.25) is 0 Å². The van der Waals surface area contributed by atoms with Gasteiger partial charge in [0.1, 0.15) is 18.2 Å². The molecular formula is C20H25N5O3. The first-order valence-electron chi connectivity index (χ1n) is 9.35. The van der Waals surface area contributed by atoms with Gasteiger partial charge >= 0.3 is 0 Å². The van der Waals surface area contributed by atoms with E-state index in [1.165, 1.54) is 55.3 Å². The average molecular weight is 383 g/mol. The van der Waals surface area contributed by atoms with Crippen LogP contribution in [0.5, 0.6) is 5.75 Å². The fourth-order valence-corrected chi connectivity index (χ4v) is 2.95. The summed E-state index contributed by atoms with van der Waals surface area (Å²) in [6.07, 6.45) is 8.34. The van der Waals surface area contributed by atoms with Crippen LogP contribution >= 0.6 is 0 Å². The largest absolute Gasteiger partial charge is 0.492 e. The molecule has 28 heavy (non-hydrogen) atoms. The lowest BCUT2D eigenvalue weighted by Gasteiger charge is -2.15. The Bertz CT molecular complexity index is 771. The Morgan fingerprint density at radius 3 is 2.64 bits per heavy atom. The Morgan fingerprint density at radius 1 is 1.18 bits per heavy atom. The van der Waals surface area contributed by atoms with Crippen molar-refractivity contribution >= 4 is 17.8 Å². The minimum Gasteiger partial charge on any atom is -0.492 e. The zero-order chi connectivity index (χ0) is 19.6. The van der Waals surface area contributed by atoms with E-state index < -0.39 is 5.91 Å². The summed E-state index contributed by atoms with van der Waals surface area (Å²) >= 11 is 0. The van der Waals surface area contributed by atoms with Gasteiger partial charge in [-0.1, -0.05) is 12.1 Å². The summed E-state index contributed by atoms with van der Waals surface area (Å²) in [5.41, 5.74) is 3.34. The van der Waals surface area contributed by atoms with Gasteiger partial charge in [-0.15, -0.1) is 0 Å². The van der Waals surface area contributed by atoms with Gasteiger partial charge in [-0.3, -0.25) is 19.9 Å². The van der Waals surface area contributed by atoms with Gasteiger partial charge in [0.2, 0.25) is 0 Å². The predicted octanol–water partition coefficient (Wildman–Crippen LogP) is 2.08. The molecule has 3 rings (SSSR count). The van der Waals surface area contributed by atoms with Gasteiger partial charge in [-0.05, 0) is 49.7 Å². The Kier molecular flexibility index (Phi) is 7.34. The second kappa shape index (κ2) is 10.4. The van der Waals surface area contributed by atoms with Crippen LogP contribution in [0.4, 0.5) is 5.82 Å². The van der Waals surface area contributed by atoms with Crippen LogP contribution in [-0.4, -0.2) is 52.2 Å². The van der Waals surface area contributed by atoms with Crippen LogP contribution in [0.25, 0.3) is 6.08 Å². The molecule has 2 aromatic rings. The second-order valence-corrected chi connectivity index (χ2v) is 6.54. The molecule has 1 aliphatic heterocycles. The van der Waals surface area contributed by atoms with Crippen molar-refractivity contribution in [1.82, 2.24) is 20.3 Å². The van der Waals surface area contributed by atoms with Crippen LogP contribution < -0.4 is 15.5 Å². The molecule has 3 N–H and O–H groups in total. The summed E-state index contributed by atoms with van der Waals surface area (Å²) in [4.78, 5) is 21.8. The van der Waals surface area contributed by atoms with E-state index in [0.29, 0.717) is 24.7 Å². The number of amides is 1. The number of ether oxygens (including phenoxy) is 1. The van der Waals surface area contributed by atoms with E-state index in [-0.39, 0.29) is 0 Å². The Hall–Kier alpha value is -2.97. The number of carbonyl (C=O) groups is 1. The molecule has 148 valence electrons. The molecule has 1 saturated heterocycles. The van der Waals surface area contributed by atoms with Gasteiger partial charge < -0.3 is 10.1 Å². The number of carbonyl (C=O) groups excluding carboxylic acids is 1. The fraction of sp³-hybridized carbons (Fsp3) is 0.350. The van der Waals surface area contributed by atoms with Crippen molar-refractivity contribution in [3.8, 4) is 5.75 Å². The first kappa shape index (κ1) is 19.8. The Balaban J connectivity index is 1.37. The van der Waals surface area contributed by atoms with E-state index in [9.17, 15) is 4.79 Å². The van der Waals surface area contributed by atoms with Crippen LogP contribution in [0.3, 0.4) is 0 Å². The van der Waals surface area contributed by atoms with Crippen molar-refractivity contribution < 1.29 is 14.7 Å². The topological polar surface area (TPSA) is 99.6 Å². The first-order chi connectivity index (χ1) is 13.7. The van der Waals surface area contributed by atoms with Crippen molar-refractivity contribution in [2.75, 3.05) is 31.6 Å². The molecule has 0 spiro atoms. The fourth-order valence-electron chi connectivity index (χ4n) is 2.95. The molecule has 1 aromatic heterocycles. The van der Waals surface area contributed by atoms with Gasteiger partial charge in [-0.25, -0.2) is 10.5 Å². The van der Waals surface area contributed by atoms with Crippen molar-refractivity contribution in [3.63, 3.8) is 0 Å². The van der Waals surface area contributed by atoms with Gasteiger partial charge in [-0.2, -0.15) is 0 Å². The first-order valence-corrected chi connectivity index (χ1v) is 9.35. The van der Waals surface area contributed by atoms with E-state index >= 15 is 0 Å². The number of anilines is 1. The molecule has 0 bridgehead atoms. The highest BCUT2D eigenvalue weighted by molar-refractivity contribution is 5.90. The number of aromatic nitrogens is 2. The van der Waals surface area contributed by atoms with Gasteiger partial charge in [0, 0.05) is 12.6 Å². The highest BCUT2D eigenvalue weighted by Crippen LogP contribution is 2.16. The van der Waals surface area contributed by atoms with E-state index in [0.717, 1.165) is 12.3 Å². The highest BCUT2D eigenvalue weighted by Gasteiger charge is 2.11. The normalized spacial score (nSPS) is 14.3. The smallest absolute Gasteiger partial charge is 0.267 e. The molecule has 1 fully saturated rings. The van der Waals surface area contributed by atoms with Crippen molar-refractivity contribution in [2.45, 2.75) is 19.4 Å². The van der Waals surface area contributed by atoms with Crippen molar-refractivity contribution in [3.05, 3.63) is 54.0 Å². The number of rotatable bonds is 9. The second-order valence-electron chi connectivity index (χ2n) is 6.54. The van der Waals surface area contributed by atoms with Crippen LogP contribution in [0.1, 0.15) is 24.1 Å². The van der Waals surface area contributed by atoms with E-state index in [2.05, 4.69) is 32.3 Å². The summed E-state index contributed by atoms with van der Waals surface area (Å²) in [7, 11) is 0. The highest BCUT2D eigenvalue weighted by atomic mass is 16.5. The minimum atomic E-state index is -0.620. The SMILES string of the molecule is O=C(C=Cc1cnc(NCCOc2ccc(CN3CCCC3)cc2)cn1)NO. The lowest BCUT2D eigenvalue weighted by Crippen LogP contribution is -2.18. The molecule has 0 atom stereocenters. The van der Waals surface area contributed by atoms with Gasteiger partial charge in [0.25, 0.3) is 5.91 Å². The van der Waals surface area contributed by atoms with Crippen molar-refractivity contribution in [2.24, 2.45) is 0 Å². The molecule has 1 aromatic carbocycles. The monoisotopic (exact) mass is 383 g/mol. The summed E-state index contributed by atoms with van der Waals surface area (Å²) in [5.74, 6) is 0.847. The lowest BCUT2D eigenvalue weighted by atomic mass is 10.2. The van der Waals surface area contributed by atoms with Crippen LogP contribution in [-0.2, 0) is 11.3 Å². The summed E-state index contributed by atoms with van der Waals surface area (Å²) in [5, 5.41) is 11.5. The molecule has 8 heteroatoms. The maximum Gasteiger partial charge on any atom is 0.267 e. The number of nitrogens with zero attached hydrogens (tertiary/aromatic N) is 3. The quantitative estimate of drug-likeness (QED) is 0.264. The average Bonchev–Trinajstić information content (AvgIpc) is 3.24. The standard InChI is InChI=1S/C20H25N5O3/c26-20(24-27)8-5-17-13-23-19(14-22-17)21-9-12-28-18-6-3-16(4-7-18)15-25-10-1-2-11-25/h3-8,13-14,27H,1-2,9-12,15H2,(H,21,23)(H,24,26). The van der Waals surface area contributed by atoms with E-state index in [4.69, 9.17) is 9.94 Å². The molecular weight excluding hydrogens is 358 g/mol. The summed E-state index contributed by atoms with van der Waals surface area (Å²) in [6, 6.07) is 8.26. The molecule has 8 nitrogen and oxygen atoms in total. The molecule has 0 unspecified atom stereocenters. The van der Waals surface area contributed by atoms with Crippen LogP contribution in [0.15, 0.2) is 42.7 Å². The Morgan fingerprint density at radius 2 is 1.96 bits per heavy atom. The Labute approximate surface area is 164 Å². The van der Waals surface area contributed by atoms with Gasteiger partial charge in [0.15, 0.2) is 0 Å². The number of hydrogen-bond donors (Lipinski definition) is 3. The van der Waals surface area contributed by atoms with E-state index in [1.807, 2.05) is 12.1 Å². The molecule has 0 radical (unpaired) electrons. The third kappa shape index (κ3) is 6.33. The summed E-state index contributed by atoms with van der Waals surface area (Å²) < 4.78 is 5.75. The summed E-state index contributed by atoms with van der Waals surface area (Å²) in [6.45, 7) is 4.50. The van der Waals surface area contributed by atoms with E-state index in [1.54, 1.807) is 6.20 Å².